The molecule has 0 aliphatic carbocycles. The normalized spacial score (nSPS) is 11.6. The van der Waals surface area contributed by atoms with Crippen LogP contribution in [0.3, 0.4) is 0 Å². The van der Waals surface area contributed by atoms with Crippen LogP contribution in [-0.4, -0.2) is 22.3 Å². The van der Waals surface area contributed by atoms with Crippen molar-refractivity contribution in [3.05, 3.63) is 23.2 Å². The Balaban J connectivity index is 2.02. The van der Waals surface area contributed by atoms with Crippen LogP contribution in [0.15, 0.2) is 18.2 Å². The van der Waals surface area contributed by atoms with Gasteiger partial charge in [0.15, 0.2) is 0 Å². The van der Waals surface area contributed by atoms with Crippen molar-refractivity contribution in [3.63, 3.8) is 0 Å². The van der Waals surface area contributed by atoms with Gasteiger partial charge in [-0.15, -0.1) is 0 Å². The fourth-order valence-electron chi connectivity index (χ4n) is 2.08. The quantitative estimate of drug-likeness (QED) is 0.825. The van der Waals surface area contributed by atoms with Gasteiger partial charge in [-0.2, -0.15) is 0 Å². The number of nitrogen functional groups attached to an aromatic ring is 1. The maximum atomic E-state index is 6.22. The molecule has 2 N–H and O–H groups in total. The van der Waals surface area contributed by atoms with Gasteiger partial charge < -0.3 is 15.0 Å². The minimum absolute atomic E-state index is 0.286. The van der Waals surface area contributed by atoms with Crippen molar-refractivity contribution in [2.24, 2.45) is 0 Å². The minimum atomic E-state index is 0.286. The summed E-state index contributed by atoms with van der Waals surface area (Å²) in [4.78, 5) is 4.33. The zero-order valence-corrected chi connectivity index (χ0v) is 12.2. The van der Waals surface area contributed by atoms with E-state index in [0.717, 1.165) is 37.0 Å². The van der Waals surface area contributed by atoms with Crippen molar-refractivity contribution in [2.75, 3.05) is 12.3 Å². The van der Waals surface area contributed by atoms with Crippen LogP contribution in [0.25, 0.3) is 11.0 Å². The molecule has 2 rings (SSSR count). The third-order valence-electron chi connectivity index (χ3n) is 2.97. The lowest BCUT2D eigenvalue weighted by molar-refractivity contribution is 0.0755. The maximum Gasteiger partial charge on any atom is 0.201 e. The molecule has 0 spiro atoms. The lowest BCUT2D eigenvalue weighted by Gasteiger charge is -2.09. The van der Waals surface area contributed by atoms with E-state index in [2.05, 4.69) is 4.98 Å². The van der Waals surface area contributed by atoms with Crippen LogP contribution >= 0.6 is 11.6 Å². The highest BCUT2D eigenvalue weighted by Gasteiger charge is 2.10. The second-order valence-corrected chi connectivity index (χ2v) is 5.26. The number of unbranched alkanes of at least 4 members (excludes halogenated alkanes) is 1. The molecule has 1 aromatic carbocycles. The number of hydrogen-bond donors (Lipinski definition) is 1. The van der Waals surface area contributed by atoms with Gasteiger partial charge in [0.25, 0.3) is 0 Å². The molecule has 0 saturated heterocycles. The monoisotopic (exact) mass is 281 g/mol. The molecule has 104 valence electrons. The predicted molar refractivity (Wildman–Crippen MR) is 79.5 cm³/mol. The number of nitrogens with zero attached hydrogens (tertiary/aromatic N) is 2. The van der Waals surface area contributed by atoms with E-state index in [9.17, 15) is 0 Å². The molecule has 0 fully saturated rings. The molecular formula is C14H20ClN3O. The number of anilines is 1. The van der Waals surface area contributed by atoms with Gasteiger partial charge in [0.1, 0.15) is 0 Å². The molecule has 1 aromatic heterocycles. The van der Waals surface area contributed by atoms with Gasteiger partial charge in [-0.25, -0.2) is 4.98 Å². The first-order valence-electron chi connectivity index (χ1n) is 6.61. The van der Waals surface area contributed by atoms with E-state index in [1.807, 2.05) is 36.6 Å². The number of ether oxygens (including phenoxy) is 1. The van der Waals surface area contributed by atoms with Crippen LogP contribution in [0.4, 0.5) is 5.95 Å². The summed E-state index contributed by atoms with van der Waals surface area (Å²) in [5, 5.41) is 0.695. The van der Waals surface area contributed by atoms with E-state index in [0.29, 0.717) is 11.0 Å². The smallest absolute Gasteiger partial charge is 0.201 e. The molecule has 0 saturated carbocycles. The molecule has 5 heteroatoms. The summed E-state index contributed by atoms with van der Waals surface area (Å²) in [7, 11) is 0. The second-order valence-electron chi connectivity index (χ2n) is 4.86. The largest absolute Gasteiger partial charge is 0.379 e. The van der Waals surface area contributed by atoms with Gasteiger partial charge in [-0.1, -0.05) is 17.7 Å². The van der Waals surface area contributed by atoms with Crippen LogP contribution in [0.1, 0.15) is 26.7 Å². The molecule has 0 aliphatic heterocycles. The molecule has 19 heavy (non-hydrogen) atoms. The van der Waals surface area contributed by atoms with Crippen molar-refractivity contribution in [3.8, 4) is 0 Å². The number of rotatable bonds is 6. The molecular weight excluding hydrogens is 262 g/mol. The van der Waals surface area contributed by atoms with Crippen molar-refractivity contribution in [2.45, 2.75) is 39.3 Å². The van der Waals surface area contributed by atoms with Crippen LogP contribution in [0.2, 0.25) is 5.02 Å². The first-order chi connectivity index (χ1) is 9.09. The summed E-state index contributed by atoms with van der Waals surface area (Å²) in [6.07, 6.45) is 2.28. The van der Waals surface area contributed by atoms with Crippen LogP contribution < -0.4 is 5.73 Å². The van der Waals surface area contributed by atoms with Gasteiger partial charge in [0, 0.05) is 13.2 Å². The average molecular weight is 282 g/mol. The van der Waals surface area contributed by atoms with Gasteiger partial charge in [-0.05, 0) is 38.8 Å². The van der Waals surface area contributed by atoms with E-state index in [1.54, 1.807) is 0 Å². The first kappa shape index (κ1) is 14.2. The molecule has 0 aliphatic rings. The van der Waals surface area contributed by atoms with E-state index >= 15 is 0 Å². The second kappa shape index (κ2) is 6.26. The highest BCUT2D eigenvalue weighted by atomic mass is 35.5. The lowest BCUT2D eigenvalue weighted by Crippen LogP contribution is -2.07. The number of aromatic nitrogens is 2. The SMILES string of the molecule is CC(C)OCCCCn1c(N)nc2cccc(Cl)c21. The Kier molecular flexibility index (Phi) is 4.66. The fraction of sp³-hybridized carbons (Fsp3) is 0.500. The number of benzene rings is 1. The molecule has 0 atom stereocenters. The topological polar surface area (TPSA) is 53.1 Å². The summed E-state index contributed by atoms with van der Waals surface area (Å²) in [5.74, 6) is 0.521. The number of nitrogens with two attached hydrogens (primary N) is 1. The molecule has 0 amide bonds. The fourth-order valence-corrected chi connectivity index (χ4v) is 2.35. The summed E-state index contributed by atoms with van der Waals surface area (Å²) in [5.41, 5.74) is 7.72. The highest BCUT2D eigenvalue weighted by molar-refractivity contribution is 6.35. The summed E-state index contributed by atoms with van der Waals surface area (Å²) in [6, 6.07) is 5.68. The van der Waals surface area contributed by atoms with E-state index in [1.165, 1.54) is 0 Å². The Labute approximate surface area is 118 Å². The highest BCUT2D eigenvalue weighted by Crippen LogP contribution is 2.25. The molecule has 2 aromatic rings. The summed E-state index contributed by atoms with van der Waals surface area (Å²) < 4.78 is 7.50. The number of aryl methyl sites for hydroxylation is 1. The maximum absolute atomic E-state index is 6.22. The standard InChI is InChI=1S/C14H20ClN3O/c1-10(2)19-9-4-3-8-18-13-11(15)6-5-7-12(13)17-14(18)16/h5-7,10H,3-4,8-9H2,1-2H3,(H2,16,17). The minimum Gasteiger partial charge on any atom is -0.379 e. The zero-order valence-electron chi connectivity index (χ0n) is 11.4. The Morgan fingerprint density at radius 3 is 2.89 bits per heavy atom. The van der Waals surface area contributed by atoms with Crippen LogP contribution in [0, 0.1) is 0 Å². The summed E-state index contributed by atoms with van der Waals surface area (Å²) in [6.45, 7) is 5.67. The third kappa shape index (κ3) is 3.39. The lowest BCUT2D eigenvalue weighted by atomic mass is 10.3. The molecule has 0 bridgehead atoms. The van der Waals surface area contributed by atoms with Gasteiger partial charge in [0.2, 0.25) is 5.95 Å². The Morgan fingerprint density at radius 1 is 1.37 bits per heavy atom. The number of imidazole rings is 1. The molecule has 4 nitrogen and oxygen atoms in total. The molecule has 1 heterocycles. The van der Waals surface area contributed by atoms with E-state index in [4.69, 9.17) is 22.1 Å². The van der Waals surface area contributed by atoms with Crippen molar-refractivity contribution < 1.29 is 4.74 Å². The zero-order chi connectivity index (χ0) is 13.8. The van der Waals surface area contributed by atoms with Gasteiger partial charge in [-0.3, -0.25) is 0 Å². The Morgan fingerprint density at radius 2 is 2.16 bits per heavy atom. The van der Waals surface area contributed by atoms with Crippen LogP contribution in [0.5, 0.6) is 0 Å². The van der Waals surface area contributed by atoms with Crippen molar-refractivity contribution in [1.29, 1.82) is 0 Å². The van der Waals surface area contributed by atoms with Crippen molar-refractivity contribution >= 4 is 28.6 Å². The Hall–Kier alpha value is -1.26. The number of fused-ring (bicyclic) bond motifs is 1. The van der Waals surface area contributed by atoms with E-state index in [-0.39, 0.29) is 6.10 Å². The Bertz CT molecular complexity index is 551. The molecule has 0 radical (unpaired) electrons. The van der Waals surface area contributed by atoms with E-state index < -0.39 is 0 Å². The number of para-hydroxylation sites is 1. The third-order valence-corrected chi connectivity index (χ3v) is 3.28. The first-order valence-corrected chi connectivity index (χ1v) is 6.99. The average Bonchev–Trinajstić information content (AvgIpc) is 2.66. The van der Waals surface area contributed by atoms with Crippen LogP contribution in [-0.2, 0) is 11.3 Å². The predicted octanol–water partition coefficient (Wildman–Crippen LogP) is 3.48. The number of halogens is 1. The summed E-state index contributed by atoms with van der Waals surface area (Å²) >= 11 is 6.22. The van der Waals surface area contributed by atoms with Gasteiger partial charge in [0.05, 0.1) is 22.2 Å². The molecule has 0 unspecified atom stereocenters. The van der Waals surface area contributed by atoms with Gasteiger partial charge >= 0.3 is 0 Å². The number of hydrogen-bond acceptors (Lipinski definition) is 3. The van der Waals surface area contributed by atoms with Crippen molar-refractivity contribution in [1.82, 2.24) is 9.55 Å².